The first-order valence-electron chi connectivity index (χ1n) is 14.0. The maximum Gasteiger partial charge on any atom is 0.273 e. The Bertz CT molecular complexity index is 1810. The number of hydrogen-bond donors (Lipinski definition) is 3. The molecule has 0 unspecified atom stereocenters. The predicted octanol–water partition coefficient (Wildman–Crippen LogP) is 5.75. The van der Waals surface area contributed by atoms with Gasteiger partial charge in [0, 0.05) is 47.5 Å². The Kier molecular flexibility index (Phi) is 7.41. The molecule has 0 aliphatic carbocycles. The second kappa shape index (κ2) is 11.5. The molecule has 3 heterocycles. The summed E-state index contributed by atoms with van der Waals surface area (Å²) in [6.45, 7) is 5.09. The third-order valence-corrected chi connectivity index (χ3v) is 7.58. The molecule has 1 aliphatic rings. The number of aromatic amines is 1. The molecule has 42 heavy (non-hydrogen) atoms. The van der Waals surface area contributed by atoms with Gasteiger partial charge >= 0.3 is 0 Å². The van der Waals surface area contributed by atoms with Crippen LogP contribution in [0.25, 0.3) is 10.9 Å². The fourth-order valence-electron chi connectivity index (χ4n) is 5.43. The lowest BCUT2D eigenvalue weighted by Gasteiger charge is -2.14. The molecule has 9 nitrogen and oxygen atoms in total. The van der Waals surface area contributed by atoms with E-state index in [2.05, 4.69) is 37.4 Å². The van der Waals surface area contributed by atoms with Crippen molar-refractivity contribution in [3.63, 3.8) is 0 Å². The molecule has 2 aromatic heterocycles. The second-order valence-corrected chi connectivity index (χ2v) is 10.7. The monoisotopic (exact) mass is 560 g/mol. The van der Waals surface area contributed by atoms with E-state index in [1.165, 1.54) is 23.1 Å². The minimum Gasteiger partial charge on any atom is -0.494 e. The number of aliphatic imine (C=N–C) groups is 1. The highest BCUT2D eigenvalue weighted by atomic mass is 16.3. The molecule has 0 spiro atoms. The summed E-state index contributed by atoms with van der Waals surface area (Å²) in [4.78, 5) is 36.1. The van der Waals surface area contributed by atoms with E-state index in [1.54, 1.807) is 61.8 Å². The van der Waals surface area contributed by atoms with E-state index in [0.29, 0.717) is 33.6 Å². The lowest BCUT2D eigenvalue weighted by Crippen LogP contribution is -2.18. The van der Waals surface area contributed by atoms with Crippen LogP contribution in [-0.2, 0) is 13.6 Å². The third kappa shape index (κ3) is 5.73. The first kappa shape index (κ1) is 27.2. The maximum atomic E-state index is 13.4. The summed E-state index contributed by atoms with van der Waals surface area (Å²) >= 11 is 0. The average molecular weight is 561 g/mol. The van der Waals surface area contributed by atoms with Crippen LogP contribution in [0.5, 0.6) is 5.88 Å². The Balaban J connectivity index is 1.17. The van der Waals surface area contributed by atoms with Crippen LogP contribution in [0, 0.1) is 6.92 Å². The fraction of sp³-hybridized carbons (Fsp3) is 0.212. The third-order valence-electron chi connectivity index (χ3n) is 7.58. The number of carbonyl (C=O) groups is 2. The van der Waals surface area contributed by atoms with Crippen LogP contribution in [0.2, 0.25) is 0 Å². The lowest BCUT2D eigenvalue weighted by molar-refractivity contribution is 0.101. The van der Waals surface area contributed by atoms with Crippen LogP contribution in [0.1, 0.15) is 56.1 Å². The molecule has 3 N–H and O–H groups in total. The number of anilines is 1. The van der Waals surface area contributed by atoms with E-state index in [9.17, 15) is 14.7 Å². The highest BCUT2D eigenvalue weighted by molar-refractivity contribution is 6.13. The van der Waals surface area contributed by atoms with Crippen molar-refractivity contribution in [2.45, 2.75) is 26.3 Å². The van der Waals surface area contributed by atoms with Gasteiger partial charge in [-0.25, -0.2) is 0 Å². The molecule has 3 aromatic carbocycles. The number of ketones is 1. The van der Waals surface area contributed by atoms with E-state index in [0.717, 1.165) is 36.4 Å². The Labute approximate surface area is 243 Å². The first-order valence-corrected chi connectivity index (χ1v) is 14.0. The second-order valence-electron chi connectivity index (χ2n) is 10.7. The van der Waals surface area contributed by atoms with Crippen LogP contribution in [-0.4, -0.2) is 55.8 Å². The molecule has 212 valence electrons. The number of amides is 1. The number of benzene rings is 3. The summed E-state index contributed by atoms with van der Waals surface area (Å²) in [7, 11) is 1.71. The number of carbonyl (C=O) groups excluding carboxylic acids is 2. The summed E-state index contributed by atoms with van der Waals surface area (Å²) in [5, 5.41) is 18.4. The summed E-state index contributed by atoms with van der Waals surface area (Å²) < 4.78 is 1.52. The number of likely N-dealkylation sites (tertiary alicyclic amines) is 1. The Morgan fingerprint density at radius 1 is 1.02 bits per heavy atom. The van der Waals surface area contributed by atoms with Gasteiger partial charge in [0.15, 0.2) is 11.7 Å². The molecular formula is C33H32N6O3. The molecular weight excluding hydrogens is 528 g/mol. The molecule has 0 radical (unpaired) electrons. The van der Waals surface area contributed by atoms with Gasteiger partial charge in [0.1, 0.15) is 5.69 Å². The predicted molar refractivity (Wildman–Crippen MR) is 164 cm³/mol. The van der Waals surface area contributed by atoms with E-state index >= 15 is 0 Å². The van der Waals surface area contributed by atoms with Gasteiger partial charge in [0.05, 0.1) is 16.9 Å². The number of aromatic nitrogens is 3. The minimum absolute atomic E-state index is 0.0147. The SMILES string of the molecule is Cc1cc(C(=O)Nc2cccc(C(=O)c3ccc4c(C=Nc5ccc(CN6CCCC6)cc5)c(O)[nH]c4c3)c2)n(C)n1. The van der Waals surface area contributed by atoms with Crippen molar-refractivity contribution in [2.75, 3.05) is 18.4 Å². The van der Waals surface area contributed by atoms with E-state index in [4.69, 9.17) is 0 Å². The summed E-state index contributed by atoms with van der Waals surface area (Å²) in [6, 6.07) is 21.9. The first-order chi connectivity index (χ1) is 20.3. The van der Waals surface area contributed by atoms with Crippen molar-refractivity contribution in [1.29, 1.82) is 0 Å². The number of H-pyrrole nitrogens is 1. The largest absolute Gasteiger partial charge is 0.494 e. The van der Waals surface area contributed by atoms with Crippen molar-refractivity contribution >= 4 is 40.2 Å². The number of aromatic hydroxyl groups is 1. The van der Waals surface area contributed by atoms with Gasteiger partial charge in [-0.05, 0) is 74.8 Å². The van der Waals surface area contributed by atoms with Gasteiger partial charge in [-0.3, -0.25) is 24.2 Å². The van der Waals surface area contributed by atoms with Gasteiger partial charge < -0.3 is 15.4 Å². The molecule has 1 fully saturated rings. The number of hydrogen-bond acceptors (Lipinski definition) is 6. The smallest absolute Gasteiger partial charge is 0.273 e. The van der Waals surface area contributed by atoms with Crippen LogP contribution < -0.4 is 5.32 Å². The van der Waals surface area contributed by atoms with Crippen molar-refractivity contribution in [3.8, 4) is 5.88 Å². The van der Waals surface area contributed by atoms with Gasteiger partial charge in [-0.2, -0.15) is 5.10 Å². The zero-order valence-corrected chi connectivity index (χ0v) is 23.6. The number of aryl methyl sites for hydroxylation is 2. The van der Waals surface area contributed by atoms with Crippen LogP contribution in [0.3, 0.4) is 0 Å². The average Bonchev–Trinajstić information content (AvgIpc) is 3.70. The van der Waals surface area contributed by atoms with Gasteiger partial charge in [0.2, 0.25) is 0 Å². The lowest BCUT2D eigenvalue weighted by atomic mass is 10.0. The van der Waals surface area contributed by atoms with E-state index < -0.39 is 0 Å². The maximum absolute atomic E-state index is 13.4. The number of nitrogens with zero attached hydrogens (tertiary/aromatic N) is 4. The Morgan fingerprint density at radius 3 is 2.52 bits per heavy atom. The van der Waals surface area contributed by atoms with E-state index in [-0.39, 0.29) is 17.6 Å². The Hall–Kier alpha value is -5.02. The molecule has 0 bridgehead atoms. The summed E-state index contributed by atoms with van der Waals surface area (Å²) in [5.41, 5.74) is 5.79. The normalized spacial score (nSPS) is 13.8. The van der Waals surface area contributed by atoms with Crippen molar-refractivity contribution < 1.29 is 14.7 Å². The fourth-order valence-corrected chi connectivity index (χ4v) is 5.43. The van der Waals surface area contributed by atoms with Gasteiger partial charge in [-0.1, -0.05) is 36.4 Å². The molecule has 0 saturated carbocycles. The number of fused-ring (bicyclic) bond motifs is 1. The van der Waals surface area contributed by atoms with Crippen molar-refractivity contribution in [3.05, 3.63) is 106 Å². The molecule has 5 aromatic rings. The van der Waals surface area contributed by atoms with Crippen molar-refractivity contribution in [2.24, 2.45) is 12.0 Å². The Morgan fingerprint density at radius 2 is 1.79 bits per heavy atom. The molecule has 6 rings (SSSR count). The number of nitrogens with one attached hydrogen (secondary N) is 2. The number of rotatable bonds is 8. The van der Waals surface area contributed by atoms with Crippen LogP contribution in [0.15, 0.2) is 77.8 Å². The van der Waals surface area contributed by atoms with Gasteiger partial charge in [-0.15, -0.1) is 0 Å². The molecule has 0 atom stereocenters. The van der Waals surface area contributed by atoms with Crippen LogP contribution >= 0.6 is 0 Å². The van der Waals surface area contributed by atoms with Crippen molar-refractivity contribution in [1.82, 2.24) is 19.7 Å². The summed E-state index contributed by atoms with van der Waals surface area (Å²) in [6.07, 6.45) is 4.18. The topological polar surface area (TPSA) is 116 Å². The molecule has 1 amide bonds. The van der Waals surface area contributed by atoms with E-state index in [1.807, 2.05) is 19.1 Å². The minimum atomic E-state index is -0.307. The zero-order valence-electron chi connectivity index (χ0n) is 23.6. The highest BCUT2D eigenvalue weighted by Gasteiger charge is 2.17. The zero-order chi connectivity index (χ0) is 29.2. The molecule has 1 saturated heterocycles. The van der Waals surface area contributed by atoms with Gasteiger partial charge in [0.25, 0.3) is 5.91 Å². The molecule has 9 heteroatoms. The molecule has 1 aliphatic heterocycles. The summed E-state index contributed by atoms with van der Waals surface area (Å²) in [5.74, 6) is -0.528. The highest BCUT2D eigenvalue weighted by Crippen LogP contribution is 2.28. The quantitative estimate of drug-likeness (QED) is 0.165. The van der Waals surface area contributed by atoms with Crippen LogP contribution in [0.4, 0.5) is 11.4 Å². The standard InChI is InChI=1S/C33H32N6O3/c1-21-16-30(38(2)37-21)33(42)35-26-7-5-6-23(17-26)31(40)24-10-13-27-28(32(41)36-29(27)18-24)19-34-25-11-8-22(9-12-25)20-39-14-3-4-15-39/h5-13,16-19,36,41H,3-4,14-15,20H2,1-2H3,(H,35,42).